The van der Waals surface area contributed by atoms with Crippen LogP contribution >= 0.6 is 0 Å². The SMILES string of the molecule is COC(=O)/C(C)=C/CNC(C)c1ccc(C#N)cc1. The Morgan fingerprint density at radius 2 is 2.11 bits per heavy atom. The van der Waals surface area contributed by atoms with Gasteiger partial charge in [-0.25, -0.2) is 4.79 Å². The maximum absolute atomic E-state index is 11.2. The second-order valence-corrected chi connectivity index (χ2v) is 4.24. The third-order valence-corrected chi connectivity index (χ3v) is 2.88. The number of methoxy groups -OCH3 is 1. The van der Waals surface area contributed by atoms with Crippen molar-refractivity contribution in [3.63, 3.8) is 0 Å². The topological polar surface area (TPSA) is 62.1 Å². The van der Waals surface area contributed by atoms with E-state index < -0.39 is 0 Å². The number of esters is 1. The molecule has 0 aliphatic carbocycles. The van der Waals surface area contributed by atoms with Crippen LogP contribution in [0.3, 0.4) is 0 Å². The van der Waals surface area contributed by atoms with Crippen LogP contribution in [0.5, 0.6) is 0 Å². The highest BCUT2D eigenvalue weighted by molar-refractivity contribution is 5.87. The van der Waals surface area contributed by atoms with Crippen molar-refractivity contribution in [1.82, 2.24) is 5.32 Å². The fraction of sp³-hybridized carbons (Fsp3) is 0.333. The second-order valence-electron chi connectivity index (χ2n) is 4.24. The molecule has 100 valence electrons. The molecule has 1 rings (SSSR count). The van der Waals surface area contributed by atoms with Gasteiger partial charge < -0.3 is 10.1 Å². The van der Waals surface area contributed by atoms with Crippen molar-refractivity contribution in [1.29, 1.82) is 5.26 Å². The number of nitrogens with zero attached hydrogens (tertiary/aromatic N) is 1. The summed E-state index contributed by atoms with van der Waals surface area (Å²) >= 11 is 0. The number of hydrogen-bond donors (Lipinski definition) is 1. The molecule has 4 heteroatoms. The molecule has 0 bridgehead atoms. The summed E-state index contributed by atoms with van der Waals surface area (Å²) in [5, 5.41) is 12.0. The number of hydrogen-bond acceptors (Lipinski definition) is 4. The van der Waals surface area contributed by atoms with Gasteiger partial charge in [0.05, 0.1) is 18.7 Å². The lowest BCUT2D eigenvalue weighted by atomic mass is 10.1. The van der Waals surface area contributed by atoms with Gasteiger partial charge >= 0.3 is 5.97 Å². The first kappa shape index (κ1) is 14.9. The van der Waals surface area contributed by atoms with Crippen LogP contribution in [0, 0.1) is 11.3 Å². The molecule has 0 fully saturated rings. The monoisotopic (exact) mass is 258 g/mol. The zero-order valence-electron chi connectivity index (χ0n) is 11.4. The lowest BCUT2D eigenvalue weighted by molar-refractivity contribution is -0.136. The summed E-state index contributed by atoms with van der Waals surface area (Å²) in [5.41, 5.74) is 2.34. The molecule has 1 unspecified atom stereocenters. The molecule has 0 saturated carbocycles. The fourth-order valence-electron chi connectivity index (χ4n) is 1.60. The van der Waals surface area contributed by atoms with Crippen LogP contribution in [-0.2, 0) is 9.53 Å². The molecule has 1 atom stereocenters. The van der Waals surface area contributed by atoms with Crippen molar-refractivity contribution in [2.45, 2.75) is 19.9 Å². The predicted octanol–water partition coefficient (Wildman–Crippen LogP) is 2.33. The Kier molecular flexibility index (Phi) is 5.77. The first-order valence-electron chi connectivity index (χ1n) is 6.07. The quantitative estimate of drug-likeness (QED) is 0.650. The van der Waals surface area contributed by atoms with E-state index in [1.165, 1.54) is 7.11 Å². The molecular formula is C15H18N2O2. The van der Waals surface area contributed by atoms with E-state index >= 15 is 0 Å². The zero-order chi connectivity index (χ0) is 14.3. The van der Waals surface area contributed by atoms with Crippen molar-refractivity contribution >= 4 is 5.97 Å². The van der Waals surface area contributed by atoms with Gasteiger partial charge in [0, 0.05) is 18.2 Å². The highest BCUT2D eigenvalue weighted by atomic mass is 16.5. The summed E-state index contributed by atoms with van der Waals surface area (Å²) in [7, 11) is 1.37. The summed E-state index contributed by atoms with van der Waals surface area (Å²) in [6, 6.07) is 9.67. The zero-order valence-corrected chi connectivity index (χ0v) is 11.4. The second kappa shape index (κ2) is 7.34. The molecule has 0 aromatic heterocycles. The number of nitrogens with one attached hydrogen (secondary N) is 1. The number of nitriles is 1. The van der Waals surface area contributed by atoms with Crippen LogP contribution in [0.15, 0.2) is 35.9 Å². The Balaban J connectivity index is 2.53. The van der Waals surface area contributed by atoms with E-state index in [1.54, 1.807) is 25.1 Å². The molecule has 0 aliphatic heterocycles. The lowest BCUT2D eigenvalue weighted by Crippen LogP contribution is -2.19. The molecule has 0 spiro atoms. The van der Waals surface area contributed by atoms with Crippen LogP contribution in [-0.4, -0.2) is 19.6 Å². The molecule has 0 amide bonds. The van der Waals surface area contributed by atoms with Crippen molar-refractivity contribution in [3.05, 3.63) is 47.0 Å². The number of ether oxygens (including phenoxy) is 1. The standard InChI is InChI=1S/C15H18N2O2/c1-11(15(18)19-3)8-9-17-12(2)14-6-4-13(10-16)5-7-14/h4-8,12,17H,9H2,1-3H3/b11-8+. The van der Waals surface area contributed by atoms with Crippen molar-refractivity contribution in [3.8, 4) is 6.07 Å². The van der Waals surface area contributed by atoms with Crippen molar-refractivity contribution < 1.29 is 9.53 Å². The Morgan fingerprint density at radius 1 is 1.47 bits per heavy atom. The van der Waals surface area contributed by atoms with Crippen molar-refractivity contribution in [2.75, 3.05) is 13.7 Å². The molecule has 1 N–H and O–H groups in total. The van der Waals surface area contributed by atoms with E-state index in [0.717, 1.165) is 5.56 Å². The van der Waals surface area contributed by atoms with Crippen LogP contribution in [0.4, 0.5) is 0 Å². The number of rotatable bonds is 5. The maximum atomic E-state index is 11.2. The van der Waals surface area contributed by atoms with E-state index in [2.05, 4.69) is 16.1 Å². The minimum atomic E-state index is -0.312. The molecule has 0 radical (unpaired) electrons. The molecule has 1 aromatic rings. The Bertz CT molecular complexity index is 498. The third kappa shape index (κ3) is 4.57. The molecule has 0 aliphatic rings. The van der Waals surface area contributed by atoms with E-state index in [-0.39, 0.29) is 12.0 Å². The highest BCUT2D eigenvalue weighted by Gasteiger charge is 2.05. The molecule has 1 aromatic carbocycles. The number of benzene rings is 1. The van der Waals surface area contributed by atoms with Gasteiger partial charge in [-0.1, -0.05) is 18.2 Å². The first-order valence-corrected chi connectivity index (χ1v) is 6.07. The Hall–Kier alpha value is -2.12. The lowest BCUT2D eigenvalue weighted by Gasteiger charge is -2.13. The van der Waals surface area contributed by atoms with Crippen LogP contribution in [0.25, 0.3) is 0 Å². The van der Waals surface area contributed by atoms with Gasteiger partial charge in [0.2, 0.25) is 0 Å². The highest BCUT2D eigenvalue weighted by Crippen LogP contribution is 2.12. The van der Waals surface area contributed by atoms with E-state index in [0.29, 0.717) is 17.7 Å². The van der Waals surface area contributed by atoms with Crippen LogP contribution < -0.4 is 5.32 Å². The molecule has 4 nitrogen and oxygen atoms in total. The Labute approximate surface area is 113 Å². The minimum absolute atomic E-state index is 0.148. The summed E-state index contributed by atoms with van der Waals surface area (Å²) in [5.74, 6) is -0.312. The molecule has 19 heavy (non-hydrogen) atoms. The van der Waals surface area contributed by atoms with Crippen LogP contribution in [0.2, 0.25) is 0 Å². The van der Waals surface area contributed by atoms with Gasteiger partial charge in [-0.2, -0.15) is 5.26 Å². The normalized spacial score (nSPS) is 12.6. The van der Waals surface area contributed by atoms with Gasteiger partial charge in [0.25, 0.3) is 0 Å². The van der Waals surface area contributed by atoms with Gasteiger partial charge in [-0.3, -0.25) is 0 Å². The van der Waals surface area contributed by atoms with E-state index in [9.17, 15) is 4.79 Å². The predicted molar refractivity (Wildman–Crippen MR) is 73.3 cm³/mol. The molecule has 0 heterocycles. The first-order chi connectivity index (χ1) is 9.08. The maximum Gasteiger partial charge on any atom is 0.333 e. The largest absolute Gasteiger partial charge is 0.466 e. The van der Waals surface area contributed by atoms with Gasteiger partial charge in [-0.15, -0.1) is 0 Å². The van der Waals surface area contributed by atoms with Gasteiger partial charge in [0.1, 0.15) is 0 Å². The molecular weight excluding hydrogens is 240 g/mol. The summed E-state index contributed by atoms with van der Waals surface area (Å²) in [4.78, 5) is 11.2. The Morgan fingerprint density at radius 3 is 2.63 bits per heavy atom. The summed E-state index contributed by atoms with van der Waals surface area (Å²) in [6.45, 7) is 4.34. The molecule has 0 saturated heterocycles. The smallest absolute Gasteiger partial charge is 0.333 e. The fourth-order valence-corrected chi connectivity index (χ4v) is 1.60. The third-order valence-electron chi connectivity index (χ3n) is 2.88. The summed E-state index contributed by atoms with van der Waals surface area (Å²) in [6.07, 6.45) is 1.80. The van der Waals surface area contributed by atoms with E-state index in [4.69, 9.17) is 5.26 Å². The van der Waals surface area contributed by atoms with Gasteiger partial charge in [-0.05, 0) is 31.5 Å². The van der Waals surface area contributed by atoms with Crippen molar-refractivity contribution in [2.24, 2.45) is 0 Å². The van der Waals surface area contributed by atoms with Gasteiger partial charge in [0.15, 0.2) is 0 Å². The average molecular weight is 258 g/mol. The van der Waals surface area contributed by atoms with Crippen LogP contribution in [0.1, 0.15) is 31.0 Å². The minimum Gasteiger partial charge on any atom is -0.466 e. The van der Waals surface area contributed by atoms with E-state index in [1.807, 2.05) is 19.1 Å². The summed E-state index contributed by atoms with van der Waals surface area (Å²) < 4.78 is 4.61. The average Bonchev–Trinajstić information content (AvgIpc) is 2.46. The number of carbonyl (C=O) groups is 1. The number of carbonyl (C=O) groups excluding carboxylic acids is 1.